The smallest absolute Gasteiger partial charge is 0.259 e. The van der Waals surface area contributed by atoms with Gasteiger partial charge in [-0.2, -0.15) is 0 Å². The molecule has 0 unspecified atom stereocenters. The number of nitrogens with one attached hydrogen (secondary N) is 1. The fraction of sp³-hybridized carbons (Fsp3) is 0.0714. The monoisotopic (exact) mass is 320 g/mol. The number of aryl methyl sites for hydroxylation is 1. The molecular formula is C14H13BrN2O2. The van der Waals surface area contributed by atoms with Gasteiger partial charge in [-0.3, -0.25) is 4.79 Å². The van der Waals surface area contributed by atoms with Crippen molar-refractivity contribution < 1.29 is 9.90 Å². The van der Waals surface area contributed by atoms with Crippen molar-refractivity contribution in [3.63, 3.8) is 0 Å². The summed E-state index contributed by atoms with van der Waals surface area (Å²) < 4.78 is 0.973. The lowest BCUT2D eigenvalue weighted by molar-refractivity contribution is 0.102. The van der Waals surface area contributed by atoms with E-state index in [1.54, 1.807) is 12.1 Å². The van der Waals surface area contributed by atoms with Crippen LogP contribution < -0.4 is 11.1 Å². The van der Waals surface area contributed by atoms with Crippen molar-refractivity contribution in [2.45, 2.75) is 6.92 Å². The molecule has 0 aliphatic carbocycles. The summed E-state index contributed by atoms with van der Waals surface area (Å²) in [6.07, 6.45) is 0. The zero-order valence-corrected chi connectivity index (χ0v) is 11.9. The Bertz CT molecular complexity index is 641. The summed E-state index contributed by atoms with van der Waals surface area (Å²) in [6, 6.07) is 9.89. The van der Waals surface area contributed by atoms with Crippen LogP contribution >= 0.6 is 15.9 Å². The van der Waals surface area contributed by atoms with Crippen LogP contribution in [0.15, 0.2) is 40.9 Å². The molecule has 0 saturated heterocycles. The van der Waals surface area contributed by atoms with Gasteiger partial charge in [0.05, 0.1) is 5.56 Å². The van der Waals surface area contributed by atoms with Gasteiger partial charge in [0.1, 0.15) is 5.75 Å². The second-order valence-corrected chi connectivity index (χ2v) is 5.05. The minimum atomic E-state index is -0.376. The van der Waals surface area contributed by atoms with E-state index < -0.39 is 0 Å². The molecule has 98 valence electrons. The summed E-state index contributed by atoms with van der Waals surface area (Å²) in [5.41, 5.74) is 7.80. The van der Waals surface area contributed by atoms with Crippen LogP contribution in [0.2, 0.25) is 0 Å². The predicted octanol–water partition coefficient (Wildman–Crippen LogP) is 3.30. The number of nitrogens with two attached hydrogens (primary N) is 1. The zero-order chi connectivity index (χ0) is 14.0. The molecule has 2 aromatic rings. The van der Waals surface area contributed by atoms with E-state index >= 15 is 0 Å². The molecule has 19 heavy (non-hydrogen) atoms. The highest BCUT2D eigenvalue weighted by atomic mass is 79.9. The van der Waals surface area contributed by atoms with E-state index in [0.717, 1.165) is 10.0 Å². The van der Waals surface area contributed by atoms with Crippen molar-refractivity contribution in [3.05, 3.63) is 52.0 Å². The van der Waals surface area contributed by atoms with Gasteiger partial charge in [0.15, 0.2) is 0 Å². The van der Waals surface area contributed by atoms with Crippen molar-refractivity contribution >= 4 is 33.2 Å². The number of nitrogen functional groups attached to an aromatic ring is 1. The number of hydrogen-bond acceptors (Lipinski definition) is 3. The molecule has 0 aromatic heterocycles. The molecule has 2 rings (SSSR count). The molecule has 0 atom stereocenters. The van der Waals surface area contributed by atoms with Gasteiger partial charge < -0.3 is 16.2 Å². The third kappa shape index (κ3) is 3.06. The molecule has 0 aliphatic rings. The molecule has 0 fully saturated rings. The highest BCUT2D eigenvalue weighted by molar-refractivity contribution is 9.10. The van der Waals surface area contributed by atoms with E-state index in [4.69, 9.17) is 5.73 Å². The zero-order valence-electron chi connectivity index (χ0n) is 10.3. The number of benzene rings is 2. The summed E-state index contributed by atoms with van der Waals surface area (Å²) in [6.45, 7) is 1.93. The molecule has 0 bridgehead atoms. The number of halogens is 1. The average Bonchev–Trinajstić information content (AvgIpc) is 2.33. The third-order valence-electron chi connectivity index (χ3n) is 2.68. The Morgan fingerprint density at radius 1 is 1.26 bits per heavy atom. The Kier molecular flexibility index (Phi) is 3.76. The molecule has 0 heterocycles. The van der Waals surface area contributed by atoms with Gasteiger partial charge in [0, 0.05) is 21.9 Å². The fourth-order valence-electron chi connectivity index (χ4n) is 1.66. The Balaban J connectivity index is 2.23. The van der Waals surface area contributed by atoms with Crippen LogP contribution in [0.5, 0.6) is 5.75 Å². The van der Waals surface area contributed by atoms with Gasteiger partial charge in [-0.25, -0.2) is 0 Å². The minimum Gasteiger partial charge on any atom is -0.507 e. The first kappa shape index (κ1) is 13.4. The van der Waals surface area contributed by atoms with E-state index in [-0.39, 0.29) is 17.2 Å². The van der Waals surface area contributed by atoms with Crippen molar-refractivity contribution in [2.75, 3.05) is 11.1 Å². The largest absolute Gasteiger partial charge is 0.507 e. The number of rotatable bonds is 2. The molecule has 0 aliphatic heterocycles. The Hall–Kier alpha value is -2.01. The Morgan fingerprint density at radius 2 is 2.00 bits per heavy atom. The van der Waals surface area contributed by atoms with E-state index in [2.05, 4.69) is 21.2 Å². The topological polar surface area (TPSA) is 75.4 Å². The van der Waals surface area contributed by atoms with E-state index in [1.807, 2.05) is 19.1 Å². The van der Waals surface area contributed by atoms with E-state index in [9.17, 15) is 9.90 Å². The average molecular weight is 321 g/mol. The van der Waals surface area contributed by atoms with Crippen molar-refractivity contribution in [3.8, 4) is 5.75 Å². The van der Waals surface area contributed by atoms with Crippen LogP contribution in [0.1, 0.15) is 15.9 Å². The summed E-state index contributed by atoms with van der Waals surface area (Å²) >= 11 is 3.39. The molecule has 4 N–H and O–H groups in total. The first-order valence-electron chi connectivity index (χ1n) is 5.63. The number of phenols is 1. The minimum absolute atomic E-state index is 0.133. The van der Waals surface area contributed by atoms with Gasteiger partial charge in [-0.1, -0.05) is 15.9 Å². The summed E-state index contributed by atoms with van der Waals surface area (Å²) in [4.78, 5) is 12.0. The standard InChI is InChI=1S/C14H13BrN2O2/c1-8-6-10(3-5-12(8)15)17-14(19)11-4-2-9(16)7-13(11)18/h2-7,18H,16H2,1H3,(H,17,19). The van der Waals surface area contributed by atoms with Crippen molar-refractivity contribution in [2.24, 2.45) is 0 Å². The first-order chi connectivity index (χ1) is 8.97. The lowest BCUT2D eigenvalue weighted by atomic mass is 10.1. The van der Waals surface area contributed by atoms with Crippen LogP contribution in [-0.2, 0) is 0 Å². The fourth-order valence-corrected chi connectivity index (χ4v) is 1.91. The Labute approximate surface area is 119 Å². The highest BCUT2D eigenvalue weighted by Crippen LogP contribution is 2.23. The lowest BCUT2D eigenvalue weighted by Gasteiger charge is -2.08. The molecular weight excluding hydrogens is 308 g/mol. The molecule has 4 nitrogen and oxygen atoms in total. The van der Waals surface area contributed by atoms with Crippen molar-refractivity contribution in [1.29, 1.82) is 0 Å². The van der Waals surface area contributed by atoms with Gasteiger partial charge in [-0.15, -0.1) is 0 Å². The molecule has 2 aromatic carbocycles. The lowest BCUT2D eigenvalue weighted by Crippen LogP contribution is -2.12. The summed E-state index contributed by atoms with van der Waals surface area (Å²) in [5, 5.41) is 12.4. The third-order valence-corrected chi connectivity index (χ3v) is 3.57. The van der Waals surface area contributed by atoms with Crippen molar-refractivity contribution in [1.82, 2.24) is 0 Å². The van der Waals surface area contributed by atoms with Crippen LogP contribution in [-0.4, -0.2) is 11.0 Å². The van der Waals surface area contributed by atoms with Crippen LogP contribution in [0, 0.1) is 6.92 Å². The van der Waals surface area contributed by atoms with Gasteiger partial charge in [0.25, 0.3) is 5.91 Å². The molecule has 1 amide bonds. The maximum absolute atomic E-state index is 12.0. The van der Waals surface area contributed by atoms with Gasteiger partial charge >= 0.3 is 0 Å². The van der Waals surface area contributed by atoms with Crippen LogP contribution in [0.3, 0.4) is 0 Å². The number of hydrogen-bond donors (Lipinski definition) is 3. The maximum Gasteiger partial charge on any atom is 0.259 e. The predicted molar refractivity (Wildman–Crippen MR) is 79.4 cm³/mol. The van der Waals surface area contributed by atoms with Gasteiger partial charge in [-0.05, 0) is 42.8 Å². The Morgan fingerprint density at radius 3 is 2.63 bits per heavy atom. The van der Waals surface area contributed by atoms with E-state index in [0.29, 0.717) is 11.4 Å². The number of phenolic OH excluding ortho intramolecular Hbond substituents is 1. The number of anilines is 2. The molecule has 0 spiro atoms. The quantitative estimate of drug-likeness (QED) is 0.743. The highest BCUT2D eigenvalue weighted by Gasteiger charge is 2.11. The van der Waals surface area contributed by atoms with Gasteiger partial charge in [0.2, 0.25) is 0 Å². The van der Waals surface area contributed by atoms with E-state index in [1.165, 1.54) is 12.1 Å². The SMILES string of the molecule is Cc1cc(NC(=O)c2ccc(N)cc2O)ccc1Br. The second kappa shape index (κ2) is 5.32. The number of carbonyl (C=O) groups is 1. The summed E-state index contributed by atoms with van der Waals surface area (Å²) in [5.74, 6) is -0.509. The normalized spacial score (nSPS) is 10.2. The summed E-state index contributed by atoms with van der Waals surface area (Å²) in [7, 11) is 0. The number of carbonyl (C=O) groups excluding carboxylic acids is 1. The maximum atomic E-state index is 12.0. The van der Waals surface area contributed by atoms with Crippen LogP contribution in [0.4, 0.5) is 11.4 Å². The molecule has 0 radical (unpaired) electrons. The molecule has 0 saturated carbocycles. The molecule has 5 heteroatoms. The first-order valence-corrected chi connectivity index (χ1v) is 6.42. The number of aromatic hydroxyl groups is 1. The second-order valence-electron chi connectivity index (χ2n) is 4.19. The number of amides is 1. The van der Waals surface area contributed by atoms with Crippen LogP contribution in [0.25, 0.3) is 0 Å².